The van der Waals surface area contributed by atoms with Crippen LogP contribution in [0.3, 0.4) is 0 Å². The number of amides is 1. The van der Waals surface area contributed by atoms with E-state index in [1.807, 2.05) is 0 Å². The number of carbonyl (C=O) groups is 2. The summed E-state index contributed by atoms with van der Waals surface area (Å²) in [5, 5.41) is 8.65. The number of rotatable bonds is 6. The van der Waals surface area contributed by atoms with E-state index >= 15 is 0 Å². The Kier molecular flexibility index (Phi) is 6.39. The van der Waals surface area contributed by atoms with Gasteiger partial charge in [-0.25, -0.2) is 13.2 Å². The molecule has 3 rings (SSSR count). The number of piperidine rings is 1. The van der Waals surface area contributed by atoms with Crippen molar-refractivity contribution >= 4 is 38.2 Å². The summed E-state index contributed by atoms with van der Waals surface area (Å²) in [6.07, 6.45) is 0.767. The van der Waals surface area contributed by atoms with Gasteiger partial charge in [-0.15, -0.1) is 11.3 Å². The molecule has 0 spiro atoms. The summed E-state index contributed by atoms with van der Waals surface area (Å²) in [6, 6.07) is 1.61. The molecule has 9 nitrogen and oxygen atoms in total. The molecule has 11 heteroatoms. The van der Waals surface area contributed by atoms with Crippen LogP contribution in [0.4, 0.5) is 5.00 Å². The van der Waals surface area contributed by atoms with Crippen molar-refractivity contribution in [1.29, 1.82) is 0 Å². The molecule has 2 aromatic heterocycles. The number of ether oxygens (including phenoxy) is 1. The highest BCUT2D eigenvalue weighted by atomic mass is 32.2. The van der Waals surface area contributed by atoms with Crippen molar-refractivity contribution in [1.82, 2.24) is 9.46 Å². The minimum atomic E-state index is -3.72. The zero-order valence-corrected chi connectivity index (χ0v) is 18.1. The third-order valence-corrected chi connectivity index (χ3v) is 7.76. The van der Waals surface area contributed by atoms with Gasteiger partial charge in [-0.2, -0.15) is 4.31 Å². The van der Waals surface area contributed by atoms with Crippen LogP contribution >= 0.6 is 11.3 Å². The fourth-order valence-electron chi connectivity index (χ4n) is 3.32. The van der Waals surface area contributed by atoms with Crippen LogP contribution in [0.1, 0.15) is 41.6 Å². The van der Waals surface area contributed by atoms with E-state index < -0.39 is 16.0 Å². The Hall–Kier alpha value is -2.24. The molecule has 29 heavy (non-hydrogen) atoms. The number of anilines is 1. The predicted octanol–water partition coefficient (Wildman–Crippen LogP) is 2.57. The Balaban J connectivity index is 1.64. The lowest BCUT2D eigenvalue weighted by atomic mass is 9.97. The van der Waals surface area contributed by atoms with Gasteiger partial charge in [-0.05, 0) is 45.1 Å². The SMILES string of the molecule is CCOC(=O)c1ccsc1NC(=O)C1CCN(S(=O)(=O)c2c(C)noc2C)CC1. The first-order chi connectivity index (χ1) is 13.8. The summed E-state index contributed by atoms with van der Waals surface area (Å²) in [6.45, 7) is 5.56. The molecular formula is C18H23N3O6S2. The van der Waals surface area contributed by atoms with Gasteiger partial charge in [0.1, 0.15) is 15.6 Å². The molecule has 1 aliphatic heterocycles. The maximum atomic E-state index is 12.9. The summed E-state index contributed by atoms with van der Waals surface area (Å²) in [5.74, 6) is -0.799. The monoisotopic (exact) mass is 441 g/mol. The molecule has 2 aromatic rings. The molecule has 0 atom stereocenters. The van der Waals surface area contributed by atoms with Crippen LogP contribution in [0.2, 0.25) is 0 Å². The van der Waals surface area contributed by atoms with Crippen molar-refractivity contribution in [2.45, 2.75) is 38.5 Å². The van der Waals surface area contributed by atoms with Crippen LogP contribution in [-0.2, 0) is 19.6 Å². The average Bonchev–Trinajstić information content (AvgIpc) is 3.28. The second-order valence-electron chi connectivity index (χ2n) is 6.70. The van der Waals surface area contributed by atoms with Gasteiger partial charge >= 0.3 is 5.97 Å². The second-order valence-corrected chi connectivity index (χ2v) is 9.50. The smallest absolute Gasteiger partial charge is 0.341 e. The molecule has 3 heterocycles. The lowest BCUT2D eigenvalue weighted by Crippen LogP contribution is -2.41. The lowest BCUT2D eigenvalue weighted by Gasteiger charge is -2.30. The number of aromatic nitrogens is 1. The molecular weight excluding hydrogens is 418 g/mol. The van der Waals surface area contributed by atoms with Gasteiger partial charge in [0.15, 0.2) is 5.76 Å². The standard InChI is InChI=1S/C18H23N3O6S2/c1-4-26-18(23)14-7-10-28-17(14)19-16(22)13-5-8-21(9-6-13)29(24,25)15-11(2)20-27-12(15)3/h7,10,13H,4-6,8-9H2,1-3H3,(H,19,22). The Bertz CT molecular complexity index is 983. The molecule has 1 aliphatic rings. The minimum Gasteiger partial charge on any atom is -0.462 e. The first-order valence-electron chi connectivity index (χ1n) is 9.24. The van der Waals surface area contributed by atoms with Gasteiger partial charge in [0.05, 0.1) is 12.2 Å². The largest absolute Gasteiger partial charge is 0.462 e. The predicted molar refractivity (Wildman–Crippen MR) is 106 cm³/mol. The molecule has 0 aliphatic carbocycles. The topological polar surface area (TPSA) is 119 Å². The number of hydrogen-bond acceptors (Lipinski definition) is 8. The van der Waals surface area contributed by atoms with E-state index in [2.05, 4.69) is 10.5 Å². The fraction of sp³-hybridized carbons (Fsp3) is 0.500. The van der Waals surface area contributed by atoms with Crippen molar-refractivity contribution in [3.8, 4) is 0 Å². The number of nitrogens with zero attached hydrogens (tertiary/aromatic N) is 2. The summed E-state index contributed by atoms with van der Waals surface area (Å²) in [7, 11) is -3.72. The summed E-state index contributed by atoms with van der Waals surface area (Å²) in [5.41, 5.74) is 0.648. The normalized spacial score (nSPS) is 16.0. The first kappa shape index (κ1) is 21.5. The van der Waals surface area contributed by atoms with Gasteiger partial charge in [0.25, 0.3) is 0 Å². The van der Waals surface area contributed by atoms with Crippen molar-refractivity contribution in [2.75, 3.05) is 25.0 Å². The second kappa shape index (κ2) is 8.64. The third kappa shape index (κ3) is 4.36. The van der Waals surface area contributed by atoms with E-state index in [9.17, 15) is 18.0 Å². The van der Waals surface area contributed by atoms with Gasteiger partial charge in [0.2, 0.25) is 15.9 Å². The molecule has 1 N–H and O–H groups in total. The molecule has 0 unspecified atom stereocenters. The highest BCUT2D eigenvalue weighted by Crippen LogP contribution is 2.29. The van der Waals surface area contributed by atoms with Gasteiger partial charge in [-0.3, -0.25) is 4.79 Å². The highest BCUT2D eigenvalue weighted by molar-refractivity contribution is 7.89. The number of aryl methyl sites for hydroxylation is 2. The number of esters is 1. The summed E-state index contributed by atoms with van der Waals surface area (Å²) >= 11 is 1.25. The van der Waals surface area contributed by atoms with Crippen LogP contribution in [0.5, 0.6) is 0 Å². The molecule has 1 amide bonds. The zero-order valence-electron chi connectivity index (χ0n) is 16.4. The van der Waals surface area contributed by atoms with Crippen molar-refractivity contribution in [2.24, 2.45) is 5.92 Å². The van der Waals surface area contributed by atoms with Crippen molar-refractivity contribution in [3.63, 3.8) is 0 Å². The molecule has 158 valence electrons. The van der Waals surface area contributed by atoms with E-state index in [1.165, 1.54) is 15.6 Å². The molecule has 0 aromatic carbocycles. The number of hydrogen-bond donors (Lipinski definition) is 1. The maximum absolute atomic E-state index is 12.9. The fourth-order valence-corrected chi connectivity index (χ4v) is 5.86. The average molecular weight is 442 g/mol. The van der Waals surface area contributed by atoms with Crippen LogP contribution < -0.4 is 5.32 Å². The number of sulfonamides is 1. The molecule has 0 radical (unpaired) electrons. The zero-order chi connectivity index (χ0) is 21.2. The molecule has 0 bridgehead atoms. The van der Waals surface area contributed by atoms with E-state index in [4.69, 9.17) is 9.26 Å². The van der Waals surface area contributed by atoms with Crippen molar-refractivity contribution in [3.05, 3.63) is 28.5 Å². The number of thiophene rings is 1. The Labute approximate surface area is 173 Å². The van der Waals surface area contributed by atoms with E-state index in [0.717, 1.165) is 0 Å². The van der Waals surface area contributed by atoms with E-state index in [1.54, 1.807) is 32.2 Å². The van der Waals surface area contributed by atoms with Gasteiger partial charge in [-0.1, -0.05) is 5.16 Å². The lowest BCUT2D eigenvalue weighted by molar-refractivity contribution is -0.120. The molecule has 1 fully saturated rings. The minimum absolute atomic E-state index is 0.0954. The first-order valence-corrected chi connectivity index (χ1v) is 11.6. The van der Waals surface area contributed by atoms with Crippen LogP contribution in [0.15, 0.2) is 20.9 Å². The molecule has 0 saturated carbocycles. The third-order valence-electron chi connectivity index (χ3n) is 4.79. The van der Waals surface area contributed by atoms with Crippen molar-refractivity contribution < 1.29 is 27.3 Å². The summed E-state index contributed by atoms with van der Waals surface area (Å²) < 4.78 is 37.1. The Morgan fingerprint density at radius 3 is 2.62 bits per heavy atom. The summed E-state index contributed by atoms with van der Waals surface area (Å²) in [4.78, 5) is 24.7. The van der Waals surface area contributed by atoms with Crippen LogP contribution in [-0.4, -0.2) is 49.5 Å². The van der Waals surface area contributed by atoms with Gasteiger partial charge in [0, 0.05) is 19.0 Å². The Morgan fingerprint density at radius 1 is 1.34 bits per heavy atom. The van der Waals surface area contributed by atoms with Gasteiger partial charge < -0.3 is 14.6 Å². The molecule has 1 saturated heterocycles. The van der Waals surface area contributed by atoms with Crippen LogP contribution in [0.25, 0.3) is 0 Å². The number of carbonyl (C=O) groups excluding carboxylic acids is 2. The van der Waals surface area contributed by atoms with Crippen LogP contribution in [0, 0.1) is 19.8 Å². The van der Waals surface area contributed by atoms with E-state index in [-0.39, 0.29) is 42.2 Å². The van der Waals surface area contributed by atoms with E-state index in [0.29, 0.717) is 29.1 Å². The maximum Gasteiger partial charge on any atom is 0.341 e. The quantitative estimate of drug-likeness (QED) is 0.684. The Morgan fingerprint density at radius 2 is 2.03 bits per heavy atom. The highest BCUT2D eigenvalue weighted by Gasteiger charge is 2.35. The number of nitrogens with one attached hydrogen (secondary N) is 1.